The molecular weight excluding hydrogens is 352 g/mol. The smallest absolute Gasteiger partial charge is 0.308 e. The molecule has 6 atom stereocenters. The van der Waals surface area contributed by atoms with E-state index in [2.05, 4.69) is 4.74 Å². The van der Waals surface area contributed by atoms with Gasteiger partial charge in [0.25, 0.3) is 0 Å². The zero-order valence-corrected chi connectivity index (χ0v) is 14.7. The zero-order valence-electron chi connectivity index (χ0n) is 14.7. The number of rotatable bonds is 11. The van der Waals surface area contributed by atoms with E-state index in [0.29, 0.717) is 25.7 Å². The molecule has 5 N–H and O–H groups in total. The molecule has 1 saturated heterocycles. The summed E-state index contributed by atoms with van der Waals surface area (Å²) in [5, 5.41) is 47.9. The number of methoxy groups -OCH3 is 1. The number of aliphatic carboxylic acids is 1. The van der Waals surface area contributed by atoms with Gasteiger partial charge in [0.15, 0.2) is 6.29 Å². The third-order valence-electron chi connectivity index (χ3n) is 4.29. The van der Waals surface area contributed by atoms with Gasteiger partial charge in [-0.3, -0.25) is 9.59 Å². The molecule has 1 aliphatic heterocycles. The van der Waals surface area contributed by atoms with Crippen LogP contribution in [0.2, 0.25) is 0 Å². The lowest BCUT2D eigenvalue weighted by atomic mass is 9.92. The molecule has 10 nitrogen and oxygen atoms in total. The van der Waals surface area contributed by atoms with E-state index in [1.807, 2.05) is 0 Å². The van der Waals surface area contributed by atoms with Crippen molar-refractivity contribution in [3.8, 4) is 0 Å². The Hall–Kier alpha value is -1.30. The number of carboxylic acid groups (broad SMARTS) is 1. The Bertz CT molecular complexity index is 443. The molecule has 1 unspecified atom stereocenters. The minimum Gasteiger partial charge on any atom is -0.481 e. The van der Waals surface area contributed by atoms with Crippen molar-refractivity contribution >= 4 is 11.9 Å². The van der Waals surface area contributed by atoms with Gasteiger partial charge in [0, 0.05) is 13.0 Å². The number of carboxylic acids is 1. The van der Waals surface area contributed by atoms with E-state index < -0.39 is 49.2 Å². The first kappa shape index (κ1) is 22.7. The molecule has 0 bridgehead atoms. The standard InChI is InChI=1S/C16H28O10/c1-24-11(18)5-3-2-4-6-25-16-14(21)13(20)12(19)10(26-16)7-9(8-17)15(22)23/h9-10,12-14,16-17,19-21H,2-8H2,1H3,(H,22,23)/t9?,10-,12-,13+,14+,16+/m1/s1. The Labute approximate surface area is 151 Å². The van der Waals surface area contributed by atoms with Crippen LogP contribution in [-0.2, 0) is 23.8 Å². The Balaban J connectivity index is 2.46. The summed E-state index contributed by atoms with van der Waals surface area (Å²) in [6.45, 7) is -0.465. The van der Waals surface area contributed by atoms with Gasteiger partial charge in [-0.15, -0.1) is 0 Å². The fraction of sp³-hybridized carbons (Fsp3) is 0.875. The van der Waals surface area contributed by atoms with Crippen LogP contribution in [0.25, 0.3) is 0 Å². The summed E-state index contributed by atoms with van der Waals surface area (Å²) in [6.07, 6.45) is -4.97. The van der Waals surface area contributed by atoms with Gasteiger partial charge in [-0.25, -0.2) is 0 Å². The quantitative estimate of drug-likeness (QED) is 0.213. The van der Waals surface area contributed by atoms with Crippen LogP contribution in [0.3, 0.4) is 0 Å². The molecule has 0 aliphatic carbocycles. The van der Waals surface area contributed by atoms with Gasteiger partial charge in [0.1, 0.15) is 18.3 Å². The van der Waals surface area contributed by atoms with Gasteiger partial charge in [-0.1, -0.05) is 6.42 Å². The van der Waals surface area contributed by atoms with Gasteiger partial charge in [-0.2, -0.15) is 0 Å². The Morgan fingerprint density at radius 1 is 1.08 bits per heavy atom. The molecule has 0 aromatic carbocycles. The third-order valence-corrected chi connectivity index (χ3v) is 4.29. The van der Waals surface area contributed by atoms with Crippen molar-refractivity contribution in [3.05, 3.63) is 0 Å². The van der Waals surface area contributed by atoms with E-state index in [1.165, 1.54) is 7.11 Å². The van der Waals surface area contributed by atoms with Crippen LogP contribution in [0.4, 0.5) is 0 Å². The first-order valence-corrected chi connectivity index (χ1v) is 8.53. The molecule has 152 valence electrons. The Morgan fingerprint density at radius 2 is 1.77 bits per heavy atom. The van der Waals surface area contributed by atoms with E-state index in [9.17, 15) is 24.9 Å². The fourth-order valence-electron chi connectivity index (χ4n) is 2.63. The molecule has 1 fully saturated rings. The van der Waals surface area contributed by atoms with Gasteiger partial charge in [0.05, 0.1) is 25.7 Å². The maximum Gasteiger partial charge on any atom is 0.308 e. The molecule has 0 aromatic heterocycles. The number of aliphatic hydroxyl groups is 4. The summed E-state index contributed by atoms with van der Waals surface area (Å²) in [5.74, 6) is -2.73. The van der Waals surface area contributed by atoms with Crippen LogP contribution in [0.1, 0.15) is 32.1 Å². The number of aliphatic hydroxyl groups excluding tert-OH is 4. The lowest BCUT2D eigenvalue weighted by Gasteiger charge is -2.41. The van der Waals surface area contributed by atoms with Crippen LogP contribution >= 0.6 is 0 Å². The van der Waals surface area contributed by atoms with E-state index in [0.717, 1.165) is 0 Å². The summed E-state index contributed by atoms with van der Waals surface area (Å²) < 4.78 is 15.3. The summed E-state index contributed by atoms with van der Waals surface area (Å²) in [5.41, 5.74) is 0. The van der Waals surface area contributed by atoms with Gasteiger partial charge in [-0.05, 0) is 19.3 Å². The molecule has 0 saturated carbocycles. The van der Waals surface area contributed by atoms with Gasteiger partial charge >= 0.3 is 11.9 Å². The Kier molecular flexibility index (Phi) is 9.99. The first-order valence-electron chi connectivity index (χ1n) is 8.53. The second-order valence-corrected chi connectivity index (χ2v) is 6.23. The van der Waals surface area contributed by atoms with Crippen molar-refractivity contribution in [1.82, 2.24) is 0 Å². The molecule has 26 heavy (non-hydrogen) atoms. The molecule has 1 aliphatic rings. The average Bonchev–Trinajstić information content (AvgIpc) is 2.62. The van der Waals surface area contributed by atoms with E-state index in [1.54, 1.807) is 0 Å². The maximum absolute atomic E-state index is 11.0. The molecule has 0 radical (unpaired) electrons. The topological polar surface area (TPSA) is 163 Å². The van der Waals surface area contributed by atoms with Crippen molar-refractivity contribution in [2.75, 3.05) is 20.3 Å². The van der Waals surface area contributed by atoms with E-state index in [-0.39, 0.29) is 19.0 Å². The first-order chi connectivity index (χ1) is 12.3. The largest absolute Gasteiger partial charge is 0.481 e. The van der Waals surface area contributed by atoms with Crippen molar-refractivity contribution in [3.63, 3.8) is 0 Å². The number of carbonyl (C=O) groups is 2. The number of hydrogen-bond donors (Lipinski definition) is 5. The minimum absolute atomic E-state index is 0.181. The predicted molar refractivity (Wildman–Crippen MR) is 85.9 cm³/mol. The molecule has 10 heteroatoms. The fourth-order valence-corrected chi connectivity index (χ4v) is 2.63. The van der Waals surface area contributed by atoms with E-state index >= 15 is 0 Å². The molecule has 1 rings (SSSR count). The van der Waals surface area contributed by atoms with Crippen LogP contribution < -0.4 is 0 Å². The van der Waals surface area contributed by atoms with Crippen LogP contribution in [0.5, 0.6) is 0 Å². The number of ether oxygens (including phenoxy) is 3. The highest BCUT2D eigenvalue weighted by atomic mass is 16.7. The molecule has 0 spiro atoms. The van der Waals surface area contributed by atoms with Crippen molar-refractivity contribution in [2.45, 2.75) is 62.8 Å². The van der Waals surface area contributed by atoms with Gasteiger partial charge < -0.3 is 39.7 Å². The van der Waals surface area contributed by atoms with Crippen LogP contribution in [-0.4, -0.2) is 88.5 Å². The predicted octanol–water partition coefficient (Wildman–Crippen LogP) is -1.37. The molecule has 1 heterocycles. The number of esters is 1. The summed E-state index contributed by atoms with van der Waals surface area (Å²) in [6, 6.07) is 0. The second kappa shape index (κ2) is 11.4. The monoisotopic (exact) mass is 380 g/mol. The summed E-state index contributed by atoms with van der Waals surface area (Å²) in [4.78, 5) is 22.0. The molecule has 0 aromatic rings. The zero-order chi connectivity index (χ0) is 19.7. The normalized spacial score (nSPS) is 30.0. The van der Waals surface area contributed by atoms with Crippen LogP contribution in [0.15, 0.2) is 0 Å². The minimum atomic E-state index is -1.56. The Morgan fingerprint density at radius 3 is 2.35 bits per heavy atom. The number of unbranched alkanes of at least 4 members (excludes halogenated alkanes) is 2. The number of carbonyl (C=O) groups excluding carboxylic acids is 1. The van der Waals surface area contributed by atoms with Crippen LogP contribution in [0, 0.1) is 5.92 Å². The van der Waals surface area contributed by atoms with Crippen molar-refractivity contribution in [1.29, 1.82) is 0 Å². The highest BCUT2D eigenvalue weighted by molar-refractivity contribution is 5.70. The average molecular weight is 380 g/mol. The maximum atomic E-state index is 11.0. The lowest BCUT2D eigenvalue weighted by Crippen LogP contribution is -2.58. The highest BCUT2D eigenvalue weighted by Crippen LogP contribution is 2.26. The number of hydrogen-bond acceptors (Lipinski definition) is 9. The van der Waals surface area contributed by atoms with Gasteiger partial charge in [0.2, 0.25) is 0 Å². The SMILES string of the molecule is COC(=O)CCCCCO[C@H]1O[C@H](CC(CO)C(=O)O)[C@@H](O)[C@H](O)[C@@H]1O. The molecular formula is C16H28O10. The lowest BCUT2D eigenvalue weighted by molar-refractivity contribution is -0.299. The van der Waals surface area contributed by atoms with Crippen molar-refractivity contribution in [2.24, 2.45) is 5.92 Å². The van der Waals surface area contributed by atoms with Crippen molar-refractivity contribution < 1.29 is 49.3 Å². The third kappa shape index (κ3) is 6.78. The van der Waals surface area contributed by atoms with E-state index in [4.69, 9.17) is 19.7 Å². The molecule has 0 amide bonds. The second-order valence-electron chi connectivity index (χ2n) is 6.23. The highest BCUT2D eigenvalue weighted by Gasteiger charge is 2.45. The summed E-state index contributed by atoms with van der Waals surface area (Å²) >= 11 is 0. The summed E-state index contributed by atoms with van der Waals surface area (Å²) in [7, 11) is 1.31.